The van der Waals surface area contributed by atoms with Crippen LogP contribution in [-0.2, 0) is 6.54 Å². The maximum Gasteiger partial charge on any atom is 0.283 e. The van der Waals surface area contributed by atoms with E-state index in [0.717, 1.165) is 18.2 Å². The molecular formula is C11H16BrN3O2. The highest BCUT2D eigenvalue weighted by atomic mass is 79.9. The van der Waals surface area contributed by atoms with E-state index in [-0.39, 0.29) is 18.7 Å². The lowest BCUT2D eigenvalue weighted by Crippen LogP contribution is -2.26. The van der Waals surface area contributed by atoms with Gasteiger partial charge in [-0.15, -0.1) is 0 Å². The number of rotatable bonds is 5. The zero-order chi connectivity index (χ0) is 12.4. The molecule has 1 fully saturated rings. The van der Waals surface area contributed by atoms with Crippen molar-refractivity contribution in [2.75, 3.05) is 18.5 Å². The van der Waals surface area contributed by atoms with Crippen molar-refractivity contribution in [1.29, 1.82) is 0 Å². The zero-order valence-corrected chi connectivity index (χ0v) is 11.3. The molecule has 2 atom stereocenters. The van der Waals surface area contributed by atoms with Gasteiger partial charge in [0.2, 0.25) is 0 Å². The average Bonchev–Trinajstić information content (AvgIpc) is 3.01. The molecule has 5 nitrogen and oxygen atoms in total. The first kappa shape index (κ1) is 12.6. The van der Waals surface area contributed by atoms with E-state index in [1.807, 2.05) is 0 Å². The number of hydrogen-bond acceptors (Lipinski definition) is 4. The van der Waals surface area contributed by atoms with Crippen LogP contribution < -0.4 is 10.9 Å². The van der Waals surface area contributed by atoms with Gasteiger partial charge in [-0.2, -0.15) is 5.10 Å². The maximum atomic E-state index is 11.8. The summed E-state index contributed by atoms with van der Waals surface area (Å²) in [7, 11) is 0. The predicted molar refractivity (Wildman–Crippen MR) is 69.0 cm³/mol. The third-order valence-corrected chi connectivity index (χ3v) is 3.89. The third kappa shape index (κ3) is 2.87. The van der Waals surface area contributed by atoms with Crippen LogP contribution in [0.25, 0.3) is 0 Å². The molecule has 0 spiro atoms. The normalized spacial score (nSPS) is 22.5. The minimum absolute atomic E-state index is 0.0916. The minimum Gasteiger partial charge on any atom is -0.394 e. The summed E-state index contributed by atoms with van der Waals surface area (Å²) < 4.78 is 1.73. The van der Waals surface area contributed by atoms with Crippen molar-refractivity contribution in [3.8, 4) is 0 Å². The highest BCUT2D eigenvalue weighted by Gasteiger charge is 2.32. The van der Waals surface area contributed by atoms with Gasteiger partial charge in [-0.1, -0.05) is 6.92 Å². The first-order valence-electron chi connectivity index (χ1n) is 5.74. The monoisotopic (exact) mass is 301 g/mol. The van der Waals surface area contributed by atoms with E-state index in [2.05, 4.69) is 33.3 Å². The molecule has 0 aromatic carbocycles. The molecule has 1 heterocycles. The summed E-state index contributed by atoms with van der Waals surface area (Å²) in [5.74, 6) is 1.49. The number of halogens is 1. The lowest BCUT2D eigenvalue weighted by molar-refractivity contribution is 0.266. The van der Waals surface area contributed by atoms with E-state index < -0.39 is 0 Å². The van der Waals surface area contributed by atoms with E-state index in [1.54, 1.807) is 6.20 Å². The number of hydrogen-bond donors (Lipinski definition) is 2. The summed E-state index contributed by atoms with van der Waals surface area (Å²) in [6, 6.07) is 0. The second-order valence-corrected chi connectivity index (χ2v) is 5.27. The van der Waals surface area contributed by atoms with Gasteiger partial charge in [0.25, 0.3) is 5.56 Å². The van der Waals surface area contributed by atoms with Crippen LogP contribution in [-0.4, -0.2) is 28.0 Å². The molecule has 17 heavy (non-hydrogen) atoms. The molecule has 0 amide bonds. The Hall–Kier alpha value is -0.880. The summed E-state index contributed by atoms with van der Waals surface area (Å²) in [5, 5.41) is 16.0. The molecule has 94 valence electrons. The fourth-order valence-electron chi connectivity index (χ4n) is 1.77. The van der Waals surface area contributed by atoms with Crippen molar-refractivity contribution < 1.29 is 5.11 Å². The first-order chi connectivity index (χ1) is 8.13. The number of aliphatic hydroxyl groups excluding tert-OH is 1. The van der Waals surface area contributed by atoms with Gasteiger partial charge in [0.05, 0.1) is 25.0 Å². The van der Waals surface area contributed by atoms with E-state index in [4.69, 9.17) is 5.11 Å². The molecule has 1 aromatic rings. The van der Waals surface area contributed by atoms with Crippen molar-refractivity contribution in [2.24, 2.45) is 11.8 Å². The van der Waals surface area contributed by atoms with Crippen LogP contribution in [0.5, 0.6) is 0 Å². The second kappa shape index (κ2) is 5.18. The summed E-state index contributed by atoms with van der Waals surface area (Å²) >= 11 is 3.27. The molecule has 1 aromatic heterocycles. The lowest BCUT2D eigenvalue weighted by Gasteiger charge is -2.09. The van der Waals surface area contributed by atoms with Crippen molar-refractivity contribution >= 4 is 21.6 Å². The Morgan fingerprint density at radius 2 is 2.41 bits per heavy atom. The molecule has 0 radical (unpaired) electrons. The van der Waals surface area contributed by atoms with Crippen molar-refractivity contribution in [1.82, 2.24) is 9.78 Å². The molecule has 0 saturated heterocycles. The van der Waals surface area contributed by atoms with Crippen LogP contribution in [0.2, 0.25) is 0 Å². The van der Waals surface area contributed by atoms with Gasteiger partial charge < -0.3 is 10.4 Å². The van der Waals surface area contributed by atoms with Crippen molar-refractivity contribution in [3.05, 3.63) is 21.0 Å². The Kier molecular flexibility index (Phi) is 3.83. The fraction of sp³-hybridized carbons (Fsp3) is 0.636. The number of nitrogens with one attached hydrogen (secondary N) is 1. The largest absolute Gasteiger partial charge is 0.394 e. The smallest absolute Gasteiger partial charge is 0.283 e. The van der Waals surface area contributed by atoms with Gasteiger partial charge in [-0.3, -0.25) is 4.79 Å². The minimum atomic E-state index is -0.215. The van der Waals surface area contributed by atoms with Crippen LogP contribution in [0.3, 0.4) is 0 Å². The Morgan fingerprint density at radius 3 is 3.00 bits per heavy atom. The van der Waals surface area contributed by atoms with Crippen LogP contribution in [0.4, 0.5) is 5.69 Å². The lowest BCUT2D eigenvalue weighted by atomic mass is 10.3. The van der Waals surface area contributed by atoms with Gasteiger partial charge in [0.15, 0.2) is 0 Å². The number of aromatic nitrogens is 2. The van der Waals surface area contributed by atoms with Crippen molar-refractivity contribution in [2.45, 2.75) is 19.9 Å². The molecule has 1 saturated carbocycles. The number of nitrogens with zero attached hydrogens (tertiary/aromatic N) is 2. The number of anilines is 1. The SMILES string of the molecule is CC1CC1CNc1cnn(CCO)c(=O)c1Br. The molecular weight excluding hydrogens is 286 g/mol. The van der Waals surface area contributed by atoms with E-state index in [9.17, 15) is 4.79 Å². The molecule has 0 aliphatic heterocycles. The third-order valence-electron chi connectivity index (χ3n) is 3.13. The Labute approximate surface area is 108 Å². The molecule has 1 aliphatic carbocycles. The molecule has 2 N–H and O–H groups in total. The molecule has 2 rings (SSSR count). The van der Waals surface area contributed by atoms with Crippen LogP contribution in [0.1, 0.15) is 13.3 Å². The van der Waals surface area contributed by atoms with Crippen molar-refractivity contribution in [3.63, 3.8) is 0 Å². The standard InChI is InChI=1S/C11H16BrN3O2/c1-7-4-8(7)5-13-9-6-14-15(2-3-16)11(17)10(9)12/h6-8,13,16H,2-5H2,1H3. The zero-order valence-electron chi connectivity index (χ0n) is 9.69. The van der Waals surface area contributed by atoms with Gasteiger partial charge in [0.1, 0.15) is 4.47 Å². The topological polar surface area (TPSA) is 67.2 Å². The van der Waals surface area contributed by atoms with Gasteiger partial charge in [0, 0.05) is 6.54 Å². The van der Waals surface area contributed by atoms with Gasteiger partial charge in [-0.25, -0.2) is 4.68 Å². The maximum absolute atomic E-state index is 11.8. The summed E-state index contributed by atoms with van der Waals surface area (Å²) in [5.41, 5.74) is 0.510. The summed E-state index contributed by atoms with van der Waals surface area (Å²) in [6.07, 6.45) is 2.87. The summed E-state index contributed by atoms with van der Waals surface area (Å²) in [6.45, 7) is 3.23. The van der Waals surface area contributed by atoms with Crippen LogP contribution >= 0.6 is 15.9 Å². The quantitative estimate of drug-likeness (QED) is 0.854. The molecule has 2 unspecified atom stereocenters. The van der Waals surface area contributed by atoms with E-state index in [0.29, 0.717) is 10.4 Å². The van der Waals surface area contributed by atoms with Crippen LogP contribution in [0, 0.1) is 11.8 Å². The van der Waals surface area contributed by atoms with E-state index >= 15 is 0 Å². The first-order valence-corrected chi connectivity index (χ1v) is 6.53. The van der Waals surface area contributed by atoms with E-state index in [1.165, 1.54) is 11.1 Å². The summed E-state index contributed by atoms with van der Waals surface area (Å²) in [4.78, 5) is 11.8. The molecule has 0 bridgehead atoms. The average molecular weight is 302 g/mol. The second-order valence-electron chi connectivity index (χ2n) is 4.48. The van der Waals surface area contributed by atoms with Gasteiger partial charge >= 0.3 is 0 Å². The predicted octanol–water partition coefficient (Wildman–Crippen LogP) is 1.07. The Morgan fingerprint density at radius 1 is 1.71 bits per heavy atom. The molecule has 1 aliphatic rings. The highest BCUT2D eigenvalue weighted by molar-refractivity contribution is 9.10. The Balaban J connectivity index is 2.07. The number of aliphatic hydroxyl groups is 1. The molecule has 6 heteroatoms. The van der Waals surface area contributed by atoms with Gasteiger partial charge in [-0.05, 0) is 34.2 Å². The Bertz CT molecular complexity index is 461. The fourth-order valence-corrected chi connectivity index (χ4v) is 2.21. The van der Waals surface area contributed by atoms with Crippen LogP contribution in [0.15, 0.2) is 15.5 Å². The highest BCUT2D eigenvalue weighted by Crippen LogP contribution is 2.37.